The number of nitrogens with zero attached hydrogens (tertiary/aromatic N) is 2. The van der Waals surface area contributed by atoms with Crippen molar-refractivity contribution in [3.63, 3.8) is 0 Å². The van der Waals surface area contributed by atoms with Gasteiger partial charge in [-0.05, 0) is 95.8 Å². The van der Waals surface area contributed by atoms with Gasteiger partial charge in [0.25, 0.3) is 0 Å². The Morgan fingerprint density at radius 3 is 2.17 bits per heavy atom. The lowest BCUT2D eigenvalue weighted by molar-refractivity contribution is -0.153. The van der Waals surface area contributed by atoms with Gasteiger partial charge < -0.3 is 15.2 Å². The van der Waals surface area contributed by atoms with Gasteiger partial charge in [0.15, 0.2) is 0 Å². The molecule has 40 heavy (non-hydrogen) atoms. The normalized spacial score (nSPS) is 12.1. The maximum Gasteiger partial charge on any atom is 0.416 e. The van der Waals surface area contributed by atoms with Crippen molar-refractivity contribution in [2.45, 2.75) is 72.1 Å². The van der Waals surface area contributed by atoms with E-state index in [1.807, 2.05) is 37.3 Å². The number of hydrogen-bond acceptors (Lipinski definition) is 6. The summed E-state index contributed by atoms with van der Waals surface area (Å²) in [5, 5.41) is 0. The fourth-order valence-corrected chi connectivity index (χ4v) is 3.97. The highest BCUT2D eigenvalue weighted by molar-refractivity contribution is 5.92. The first-order valence-electron chi connectivity index (χ1n) is 13.3. The summed E-state index contributed by atoms with van der Waals surface area (Å²) >= 11 is 0. The Morgan fingerprint density at radius 1 is 0.900 bits per heavy atom. The molecular weight excluding hydrogens is 502 g/mol. The summed E-state index contributed by atoms with van der Waals surface area (Å²) in [4.78, 5) is 31.5. The van der Waals surface area contributed by atoms with Crippen molar-refractivity contribution < 1.29 is 19.1 Å². The Kier molecular flexibility index (Phi) is 9.73. The standard InChI is InChI=1S/C33H39N3O4/c1-8-11-23-12-9-13-26(20-23)25-18-16-24(17-19-25)21-27(34)28-14-10-15-29(35-28)36(31(38)40-33(5,6)7)22-30(37)39-32(2,3)4/h9-10,12-20,27H,21-22,34H2,1-7H3. The third-order valence-electron chi connectivity index (χ3n) is 5.61. The second-order valence-electron chi connectivity index (χ2n) is 11.5. The molecule has 1 unspecified atom stereocenters. The lowest BCUT2D eigenvalue weighted by Gasteiger charge is -2.28. The van der Waals surface area contributed by atoms with E-state index in [0.717, 1.165) is 22.3 Å². The number of nitrogens with two attached hydrogens (primary N) is 1. The summed E-state index contributed by atoms with van der Waals surface area (Å²) in [6.07, 6.45) is -0.155. The van der Waals surface area contributed by atoms with Crippen molar-refractivity contribution in [1.82, 2.24) is 4.98 Å². The summed E-state index contributed by atoms with van der Waals surface area (Å²) in [7, 11) is 0. The molecule has 0 radical (unpaired) electrons. The zero-order valence-corrected chi connectivity index (χ0v) is 24.4. The van der Waals surface area contributed by atoms with Crippen LogP contribution in [0.1, 0.15) is 71.3 Å². The lowest BCUT2D eigenvalue weighted by Crippen LogP contribution is -2.42. The SMILES string of the molecule is CC#Cc1cccc(-c2ccc(CC(N)c3cccc(N(CC(=O)OC(C)(C)C)C(=O)OC(C)(C)C)n3)cc2)c1. The Morgan fingerprint density at radius 2 is 1.55 bits per heavy atom. The number of carbonyl (C=O) groups is 2. The van der Waals surface area contributed by atoms with E-state index in [4.69, 9.17) is 15.2 Å². The fraction of sp³-hybridized carbons (Fsp3) is 0.364. The van der Waals surface area contributed by atoms with Gasteiger partial charge in [-0.2, -0.15) is 0 Å². The van der Waals surface area contributed by atoms with Gasteiger partial charge in [-0.3, -0.25) is 9.69 Å². The summed E-state index contributed by atoms with van der Waals surface area (Å²) in [5.74, 6) is 5.72. The Hall–Kier alpha value is -4.15. The van der Waals surface area contributed by atoms with E-state index in [2.05, 4.69) is 41.1 Å². The molecule has 1 atom stereocenters. The highest BCUT2D eigenvalue weighted by Gasteiger charge is 2.29. The van der Waals surface area contributed by atoms with Crippen LogP contribution in [0.3, 0.4) is 0 Å². The molecule has 2 aromatic carbocycles. The van der Waals surface area contributed by atoms with Crippen LogP contribution in [-0.2, 0) is 20.7 Å². The van der Waals surface area contributed by atoms with Crippen LogP contribution in [0.4, 0.5) is 10.6 Å². The van der Waals surface area contributed by atoms with Gasteiger partial charge >= 0.3 is 12.1 Å². The van der Waals surface area contributed by atoms with Gasteiger partial charge in [-0.1, -0.05) is 48.4 Å². The average Bonchev–Trinajstić information content (AvgIpc) is 2.86. The molecule has 0 spiro atoms. The monoisotopic (exact) mass is 541 g/mol. The molecule has 0 aliphatic heterocycles. The number of carbonyl (C=O) groups excluding carboxylic acids is 2. The number of anilines is 1. The van der Waals surface area contributed by atoms with Crippen LogP contribution in [0, 0.1) is 11.8 Å². The van der Waals surface area contributed by atoms with Crippen molar-refractivity contribution >= 4 is 17.9 Å². The summed E-state index contributed by atoms with van der Waals surface area (Å²) in [6, 6.07) is 21.1. The largest absolute Gasteiger partial charge is 0.459 e. The molecule has 7 heteroatoms. The first-order valence-corrected chi connectivity index (χ1v) is 13.3. The van der Waals surface area contributed by atoms with Crippen molar-refractivity contribution in [3.05, 3.63) is 83.6 Å². The molecule has 0 bridgehead atoms. The van der Waals surface area contributed by atoms with Gasteiger partial charge in [0.1, 0.15) is 23.6 Å². The van der Waals surface area contributed by atoms with Gasteiger partial charge in [0.2, 0.25) is 0 Å². The van der Waals surface area contributed by atoms with Crippen molar-refractivity contribution in [2.24, 2.45) is 5.73 Å². The third-order valence-corrected chi connectivity index (χ3v) is 5.61. The average molecular weight is 542 g/mol. The Bertz CT molecular complexity index is 1390. The lowest BCUT2D eigenvalue weighted by atomic mass is 9.98. The van der Waals surface area contributed by atoms with Crippen LogP contribution < -0.4 is 10.6 Å². The molecule has 3 rings (SSSR count). The number of pyridine rings is 1. The molecule has 210 valence electrons. The predicted octanol–water partition coefficient (Wildman–Crippen LogP) is 6.45. The predicted molar refractivity (Wildman–Crippen MR) is 159 cm³/mol. The third kappa shape index (κ3) is 9.25. The molecule has 7 nitrogen and oxygen atoms in total. The zero-order valence-electron chi connectivity index (χ0n) is 24.4. The van der Waals surface area contributed by atoms with E-state index < -0.39 is 29.3 Å². The van der Waals surface area contributed by atoms with E-state index >= 15 is 0 Å². The van der Waals surface area contributed by atoms with E-state index in [0.29, 0.717) is 12.1 Å². The first-order chi connectivity index (χ1) is 18.7. The molecule has 0 aliphatic carbocycles. The van der Waals surface area contributed by atoms with Crippen LogP contribution in [0.15, 0.2) is 66.7 Å². The summed E-state index contributed by atoms with van der Waals surface area (Å²) in [5.41, 5.74) is 9.90. The molecule has 1 heterocycles. The molecule has 1 amide bonds. The molecule has 0 saturated carbocycles. The van der Waals surface area contributed by atoms with Crippen molar-refractivity contribution in [1.29, 1.82) is 0 Å². The van der Waals surface area contributed by atoms with Gasteiger partial charge in [-0.25, -0.2) is 9.78 Å². The van der Waals surface area contributed by atoms with Crippen LogP contribution in [-0.4, -0.2) is 34.8 Å². The van der Waals surface area contributed by atoms with Gasteiger partial charge in [-0.15, -0.1) is 5.92 Å². The molecule has 2 N–H and O–H groups in total. The van der Waals surface area contributed by atoms with Crippen LogP contribution in [0.2, 0.25) is 0 Å². The Labute approximate surface area is 237 Å². The highest BCUT2D eigenvalue weighted by atomic mass is 16.6. The number of rotatable bonds is 7. The second-order valence-corrected chi connectivity index (χ2v) is 11.5. The van der Waals surface area contributed by atoms with Crippen LogP contribution in [0.5, 0.6) is 0 Å². The minimum atomic E-state index is -0.756. The van der Waals surface area contributed by atoms with Gasteiger partial charge in [0, 0.05) is 5.56 Å². The quantitative estimate of drug-likeness (QED) is 0.273. The Balaban J connectivity index is 1.79. The molecule has 0 aliphatic rings. The van der Waals surface area contributed by atoms with Crippen molar-refractivity contribution in [2.75, 3.05) is 11.4 Å². The minimum Gasteiger partial charge on any atom is -0.459 e. The van der Waals surface area contributed by atoms with Crippen LogP contribution in [0.25, 0.3) is 11.1 Å². The molecular formula is C33H39N3O4. The van der Waals surface area contributed by atoms with Gasteiger partial charge in [0.05, 0.1) is 11.7 Å². The second kappa shape index (κ2) is 12.8. The van der Waals surface area contributed by atoms with Crippen molar-refractivity contribution in [3.8, 4) is 23.0 Å². The minimum absolute atomic E-state index is 0.262. The number of benzene rings is 2. The summed E-state index contributed by atoms with van der Waals surface area (Å²) < 4.78 is 11.0. The van der Waals surface area contributed by atoms with E-state index in [9.17, 15) is 9.59 Å². The molecule has 0 fully saturated rings. The number of amides is 1. The maximum atomic E-state index is 13.1. The first kappa shape index (κ1) is 30.4. The smallest absolute Gasteiger partial charge is 0.416 e. The maximum absolute atomic E-state index is 13.1. The fourth-order valence-electron chi connectivity index (χ4n) is 3.97. The number of esters is 1. The van der Waals surface area contributed by atoms with E-state index in [-0.39, 0.29) is 12.4 Å². The number of hydrogen-bond donors (Lipinski definition) is 1. The summed E-state index contributed by atoms with van der Waals surface area (Å²) in [6.45, 7) is 12.1. The molecule has 0 saturated heterocycles. The number of ether oxygens (including phenoxy) is 2. The van der Waals surface area contributed by atoms with E-state index in [1.165, 1.54) is 4.90 Å². The zero-order chi connectivity index (χ0) is 29.5. The number of aromatic nitrogens is 1. The van der Waals surface area contributed by atoms with Crippen LogP contribution >= 0.6 is 0 Å². The van der Waals surface area contributed by atoms with E-state index in [1.54, 1.807) is 53.7 Å². The molecule has 1 aromatic heterocycles. The molecule has 3 aromatic rings. The highest BCUT2D eigenvalue weighted by Crippen LogP contribution is 2.24. The topological polar surface area (TPSA) is 94.8 Å².